The van der Waals surface area contributed by atoms with Gasteiger partial charge in [-0.15, -0.1) is 0 Å². The van der Waals surface area contributed by atoms with E-state index in [4.69, 9.17) is 4.74 Å². The van der Waals surface area contributed by atoms with E-state index in [1.807, 2.05) is 6.92 Å². The lowest BCUT2D eigenvalue weighted by molar-refractivity contribution is -0.145. The molecule has 0 radical (unpaired) electrons. The van der Waals surface area contributed by atoms with Crippen LogP contribution in [0.15, 0.2) is 0 Å². The van der Waals surface area contributed by atoms with Crippen molar-refractivity contribution in [3.63, 3.8) is 0 Å². The number of carbonyl (C=O) groups excluding carboxylic acids is 1. The van der Waals surface area contributed by atoms with Crippen molar-refractivity contribution in [3.05, 3.63) is 0 Å². The molecule has 3 heteroatoms. The average molecular weight is 225 g/mol. The number of ether oxygens (including phenoxy) is 1. The fraction of sp³-hybridized carbons (Fsp3) is 0.923. The summed E-state index contributed by atoms with van der Waals surface area (Å²) in [5, 5.41) is 3.66. The van der Waals surface area contributed by atoms with Crippen molar-refractivity contribution in [2.45, 2.75) is 64.0 Å². The molecule has 2 aliphatic carbocycles. The Bertz CT molecular complexity index is 261. The molecule has 0 aliphatic heterocycles. The number of hydrogen-bond donors (Lipinski definition) is 1. The fourth-order valence-electron chi connectivity index (χ4n) is 2.82. The third-order valence-corrected chi connectivity index (χ3v) is 3.95. The summed E-state index contributed by atoms with van der Waals surface area (Å²) in [4.78, 5) is 11.6. The van der Waals surface area contributed by atoms with Crippen LogP contribution < -0.4 is 5.32 Å². The quantitative estimate of drug-likeness (QED) is 0.746. The number of hydrogen-bond acceptors (Lipinski definition) is 3. The first-order valence-electron chi connectivity index (χ1n) is 6.60. The minimum atomic E-state index is -0.0201. The average Bonchev–Trinajstić information content (AvgIpc) is 2.92. The van der Waals surface area contributed by atoms with Gasteiger partial charge in [-0.3, -0.25) is 4.79 Å². The van der Waals surface area contributed by atoms with Gasteiger partial charge in [0.05, 0.1) is 12.5 Å². The molecule has 3 nitrogen and oxygen atoms in total. The van der Waals surface area contributed by atoms with E-state index in [-0.39, 0.29) is 17.4 Å². The Morgan fingerprint density at radius 1 is 1.38 bits per heavy atom. The Labute approximate surface area is 97.9 Å². The molecular formula is C13H23NO2. The molecule has 2 saturated carbocycles. The third kappa shape index (κ3) is 2.57. The fourth-order valence-corrected chi connectivity index (χ4v) is 2.82. The van der Waals surface area contributed by atoms with Crippen LogP contribution in [0.3, 0.4) is 0 Å². The standard InChI is InChI=1S/C13H23NO2/c1-3-16-12(15)11-9-13(11,2)14-10-7-5-4-6-8-10/h10-11,14H,3-9H2,1-2H3. The molecule has 0 heterocycles. The third-order valence-electron chi connectivity index (χ3n) is 3.95. The van der Waals surface area contributed by atoms with E-state index in [9.17, 15) is 4.79 Å². The van der Waals surface area contributed by atoms with E-state index in [1.54, 1.807) is 0 Å². The summed E-state index contributed by atoms with van der Waals surface area (Å²) in [5.74, 6) is 0.0719. The summed E-state index contributed by atoms with van der Waals surface area (Å²) in [6.07, 6.45) is 7.52. The van der Waals surface area contributed by atoms with Gasteiger partial charge in [-0.25, -0.2) is 0 Å². The van der Waals surface area contributed by atoms with Gasteiger partial charge in [-0.05, 0) is 33.1 Å². The van der Waals surface area contributed by atoms with Crippen LogP contribution in [0.4, 0.5) is 0 Å². The van der Waals surface area contributed by atoms with Crippen LogP contribution in [-0.4, -0.2) is 24.2 Å². The lowest BCUT2D eigenvalue weighted by Gasteiger charge is -2.27. The molecule has 0 bridgehead atoms. The SMILES string of the molecule is CCOC(=O)C1CC1(C)NC1CCCCC1. The van der Waals surface area contributed by atoms with Gasteiger partial charge in [-0.2, -0.15) is 0 Å². The molecule has 0 aromatic rings. The van der Waals surface area contributed by atoms with Crippen LogP contribution in [0.2, 0.25) is 0 Å². The zero-order chi connectivity index (χ0) is 11.6. The van der Waals surface area contributed by atoms with E-state index in [1.165, 1.54) is 32.1 Å². The second-order valence-electron chi connectivity index (χ2n) is 5.41. The summed E-state index contributed by atoms with van der Waals surface area (Å²) in [6.45, 7) is 4.52. The molecule has 0 aromatic heterocycles. The number of rotatable bonds is 4. The first kappa shape index (κ1) is 11.9. The Hall–Kier alpha value is -0.570. The molecule has 0 aromatic carbocycles. The highest BCUT2D eigenvalue weighted by molar-refractivity contribution is 5.78. The summed E-state index contributed by atoms with van der Waals surface area (Å²) < 4.78 is 5.07. The largest absolute Gasteiger partial charge is 0.466 e. The molecule has 2 fully saturated rings. The molecule has 92 valence electrons. The van der Waals surface area contributed by atoms with Crippen molar-refractivity contribution in [2.24, 2.45) is 5.92 Å². The van der Waals surface area contributed by atoms with Gasteiger partial charge in [-0.1, -0.05) is 19.3 Å². The summed E-state index contributed by atoms with van der Waals surface area (Å²) >= 11 is 0. The molecule has 2 rings (SSSR count). The van der Waals surface area contributed by atoms with Crippen LogP contribution in [0.1, 0.15) is 52.4 Å². The molecule has 16 heavy (non-hydrogen) atoms. The van der Waals surface area contributed by atoms with Crippen LogP contribution >= 0.6 is 0 Å². The van der Waals surface area contributed by atoms with Gasteiger partial charge >= 0.3 is 5.97 Å². The predicted octanol–water partition coefficient (Wildman–Crippen LogP) is 2.25. The highest BCUT2D eigenvalue weighted by atomic mass is 16.5. The van der Waals surface area contributed by atoms with Gasteiger partial charge in [0, 0.05) is 11.6 Å². The minimum Gasteiger partial charge on any atom is -0.466 e. The second-order valence-corrected chi connectivity index (χ2v) is 5.41. The predicted molar refractivity (Wildman–Crippen MR) is 63.2 cm³/mol. The first-order chi connectivity index (χ1) is 7.65. The van der Waals surface area contributed by atoms with Crippen molar-refractivity contribution in [1.82, 2.24) is 5.32 Å². The van der Waals surface area contributed by atoms with Crippen molar-refractivity contribution >= 4 is 5.97 Å². The van der Waals surface area contributed by atoms with Crippen molar-refractivity contribution in [2.75, 3.05) is 6.61 Å². The number of esters is 1. The smallest absolute Gasteiger partial charge is 0.310 e. The lowest BCUT2D eigenvalue weighted by Crippen LogP contribution is -2.41. The molecule has 0 saturated heterocycles. The molecule has 2 atom stereocenters. The maximum atomic E-state index is 11.6. The van der Waals surface area contributed by atoms with E-state index in [2.05, 4.69) is 12.2 Å². The van der Waals surface area contributed by atoms with Gasteiger partial charge in [0.25, 0.3) is 0 Å². The maximum absolute atomic E-state index is 11.6. The Balaban J connectivity index is 1.79. The van der Waals surface area contributed by atoms with Crippen LogP contribution in [-0.2, 0) is 9.53 Å². The van der Waals surface area contributed by atoms with Gasteiger partial charge in [0.2, 0.25) is 0 Å². The maximum Gasteiger partial charge on any atom is 0.310 e. The topological polar surface area (TPSA) is 38.3 Å². The molecule has 2 unspecified atom stereocenters. The second kappa shape index (κ2) is 4.74. The van der Waals surface area contributed by atoms with E-state index in [0.717, 1.165) is 6.42 Å². The zero-order valence-corrected chi connectivity index (χ0v) is 10.4. The zero-order valence-electron chi connectivity index (χ0n) is 10.4. The minimum absolute atomic E-state index is 0.0201. The Morgan fingerprint density at radius 2 is 2.06 bits per heavy atom. The van der Waals surface area contributed by atoms with Crippen LogP contribution in [0.5, 0.6) is 0 Å². The summed E-state index contributed by atoms with van der Waals surface area (Å²) in [7, 11) is 0. The lowest BCUT2D eigenvalue weighted by atomic mass is 9.94. The number of carbonyl (C=O) groups is 1. The monoisotopic (exact) mass is 225 g/mol. The van der Waals surface area contributed by atoms with E-state index < -0.39 is 0 Å². The normalized spacial score (nSPS) is 34.8. The highest BCUT2D eigenvalue weighted by Gasteiger charge is 2.56. The number of nitrogens with one attached hydrogen (secondary N) is 1. The van der Waals surface area contributed by atoms with Gasteiger partial charge in [0.15, 0.2) is 0 Å². The molecule has 0 spiro atoms. The van der Waals surface area contributed by atoms with Crippen molar-refractivity contribution in [3.8, 4) is 0 Å². The van der Waals surface area contributed by atoms with E-state index >= 15 is 0 Å². The van der Waals surface area contributed by atoms with Gasteiger partial charge < -0.3 is 10.1 Å². The molecular weight excluding hydrogens is 202 g/mol. The van der Waals surface area contributed by atoms with Gasteiger partial charge in [0.1, 0.15) is 0 Å². The van der Waals surface area contributed by atoms with Crippen LogP contribution in [0.25, 0.3) is 0 Å². The highest BCUT2D eigenvalue weighted by Crippen LogP contribution is 2.45. The van der Waals surface area contributed by atoms with Crippen molar-refractivity contribution < 1.29 is 9.53 Å². The van der Waals surface area contributed by atoms with E-state index in [0.29, 0.717) is 12.6 Å². The molecule has 1 N–H and O–H groups in total. The van der Waals surface area contributed by atoms with Crippen molar-refractivity contribution in [1.29, 1.82) is 0 Å². The molecule has 0 amide bonds. The summed E-state index contributed by atoms with van der Waals surface area (Å²) in [5.41, 5.74) is 0.0221. The summed E-state index contributed by atoms with van der Waals surface area (Å²) in [6, 6.07) is 0.623. The van der Waals surface area contributed by atoms with Crippen LogP contribution in [0, 0.1) is 5.92 Å². The first-order valence-corrected chi connectivity index (χ1v) is 6.60. The Morgan fingerprint density at radius 3 is 2.69 bits per heavy atom. The molecule has 2 aliphatic rings. The Kier molecular flexibility index (Phi) is 3.53.